The van der Waals surface area contributed by atoms with Crippen molar-refractivity contribution >= 4 is 27.5 Å². The topological polar surface area (TPSA) is 12.0 Å². The van der Waals surface area contributed by atoms with E-state index in [9.17, 15) is 4.39 Å². The van der Waals surface area contributed by atoms with Crippen molar-refractivity contribution in [3.8, 4) is 0 Å². The fraction of sp³-hybridized carbons (Fsp3) is 0.250. The van der Waals surface area contributed by atoms with Gasteiger partial charge in [0.25, 0.3) is 0 Å². The first-order chi connectivity index (χ1) is 9.61. The summed E-state index contributed by atoms with van der Waals surface area (Å²) in [6, 6.07) is 12.8. The van der Waals surface area contributed by atoms with Crippen LogP contribution in [0.25, 0.3) is 0 Å². The van der Waals surface area contributed by atoms with E-state index in [0.29, 0.717) is 9.50 Å². The van der Waals surface area contributed by atoms with Crippen LogP contribution in [0.15, 0.2) is 46.9 Å². The van der Waals surface area contributed by atoms with Crippen molar-refractivity contribution in [2.45, 2.75) is 19.4 Å². The lowest BCUT2D eigenvalue weighted by atomic mass is 9.98. The largest absolute Gasteiger partial charge is 0.306 e. The molecule has 0 aromatic heterocycles. The van der Waals surface area contributed by atoms with Gasteiger partial charge in [0.15, 0.2) is 0 Å². The number of hydrogen-bond donors (Lipinski definition) is 1. The minimum absolute atomic E-state index is 0.0590. The molecule has 106 valence electrons. The fourth-order valence-corrected chi connectivity index (χ4v) is 2.54. The fourth-order valence-electron chi connectivity index (χ4n) is 2.09. The summed E-state index contributed by atoms with van der Waals surface area (Å²) in [6.45, 7) is 2.96. The molecule has 2 rings (SSSR count). The van der Waals surface area contributed by atoms with Gasteiger partial charge in [0.1, 0.15) is 5.82 Å². The van der Waals surface area contributed by atoms with E-state index < -0.39 is 0 Å². The van der Waals surface area contributed by atoms with Gasteiger partial charge in [0.05, 0.1) is 10.5 Å². The number of rotatable bonds is 5. The molecule has 0 bridgehead atoms. The Bertz CT molecular complexity index is 588. The summed E-state index contributed by atoms with van der Waals surface area (Å²) >= 11 is 9.24. The molecule has 4 heteroatoms. The molecular formula is C16H16BrClFN. The van der Waals surface area contributed by atoms with Crippen LogP contribution in [0.5, 0.6) is 0 Å². The number of halogens is 3. The minimum Gasteiger partial charge on any atom is -0.306 e. The van der Waals surface area contributed by atoms with Gasteiger partial charge < -0.3 is 5.32 Å². The molecule has 0 heterocycles. The lowest BCUT2D eigenvalue weighted by Gasteiger charge is -2.20. The molecule has 2 aromatic carbocycles. The highest BCUT2D eigenvalue weighted by molar-refractivity contribution is 9.10. The predicted molar refractivity (Wildman–Crippen MR) is 85.7 cm³/mol. The van der Waals surface area contributed by atoms with Crippen molar-refractivity contribution in [1.82, 2.24) is 5.32 Å². The highest BCUT2D eigenvalue weighted by Crippen LogP contribution is 2.27. The maximum atomic E-state index is 13.8. The second-order valence-corrected chi connectivity index (χ2v) is 5.91. The van der Waals surface area contributed by atoms with Gasteiger partial charge in [-0.15, -0.1) is 0 Å². The Morgan fingerprint density at radius 2 is 1.95 bits per heavy atom. The Morgan fingerprint density at radius 3 is 2.60 bits per heavy atom. The third-order valence-electron chi connectivity index (χ3n) is 3.06. The molecule has 0 saturated heterocycles. The zero-order chi connectivity index (χ0) is 14.5. The molecule has 1 nitrogen and oxygen atoms in total. The zero-order valence-electron chi connectivity index (χ0n) is 11.2. The van der Waals surface area contributed by atoms with Crippen LogP contribution in [0, 0.1) is 5.82 Å². The molecule has 0 spiro atoms. The molecule has 0 aliphatic heterocycles. The van der Waals surface area contributed by atoms with Gasteiger partial charge in [-0.1, -0.05) is 36.7 Å². The maximum absolute atomic E-state index is 13.8. The smallest absolute Gasteiger partial charge is 0.137 e. The van der Waals surface area contributed by atoms with E-state index in [1.165, 1.54) is 0 Å². The third kappa shape index (κ3) is 3.81. The van der Waals surface area contributed by atoms with Crippen LogP contribution in [0.1, 0.15) is 30.5 Å². The predicted octanol–water partition coefficient (Wildman–Crippen LogP) is 5.33. The van der Waals surface area contributed by atoms with Crippen molar-refractivity contribution in [3.05, 3.63) is 68.9 Å². The Hall–Kier alpha value is -0.900. The summed E-state index contributed by atoms with van der Waals surface area (Å²) in [6.07, 6.45) is 1.01. The second kappa shape index (κ2) is 7.21. The van der Waals surface area contributed by atoms with Gasteiger partial charge in [0, 0.05) is 5.02 Å². The van der Waals surface area contributed by atoms with Gasteiger partial charge in [-0.25, -0.2) is 4.39 Å². The van der Waals surface area contributed by atoms with E-state index in [1.807, 2.05) is 30.3 Å². The first-order valence-electron chi connectivity index (χ1n) is 6.55. The van der Waals surface area contributed by atoms with Gasteiger partial charge in [-0.2, -0.15) is 0 Å². The minimum atomic E-state index is -0.257. The Kier molecular flexibility index (Phi) is 5.58. The number of nitrogens with one attached hydrogen (secondary N) is 1. The van der Waals surface area contributed by atoms with Gasteiger partial charge in [-0.3, -0.25) is 0 Å². The molecule has 20 heavy (non-hydrogen) atoms. The molecule has 0 saturated carbocycles. The van der Waals surface area contributed by atoms with E-state index >= 15 is 0 Å². The Balaban J connectivity index is 2.38. The van der Waals surface area contributed by atoms with Crippen molar-refractivity contribution in [2.75, 3.05) is 6.54 Å². The van der Waals surface area contributed by atoms with Crippen LogP contribution in [-0.2, 0) is 0 Å². The van der Waals surface area contributed by atoms with E-state index in [1.54, 1.807) is 12.1 Å². The summed E-state index contributed by atoms with van der Waals surface area (Å²) in [5.41, 5.74) is 1.93. The third-order valence-corrected chi connectivity index (χ3v) is 3.94. The Labute approximate surface area is 132 Å². The molecule has 0 aliphatic rings. The van der Waals surface area contributed by atoms with Gasteiger partial charge in [0.2, 0.25) is 0 Å². The van der Waals surface area contributed by atoms with E-state index in [0.717, 1.165) is 24.1 Å². The molecule has 0 fully saturated rings. The second-order valence-electron chi connectivity index (χ2n) is 4.62. The maximum Gasteiger partial charge on any atom is 0.137 e. The van der Waals surface area contributed by atoms with Crippen LogP contribution in [-0.4, -0.2) is 6.54 Å². The highest BCUT2D eigenvalue weighted by Gasteiger charge is 2.15. The lowest BCUT2D eigenvalue weighted by molar-refractivity contribution is 0.583. The molecule has 0 amide bonds. The Morgan fingerprint density at radius 1 is 1.20 bits per heavy atom. The van der Waals surface area contributed by atoms with Crippen molar-refractivity contribution < 1.29 is 4.39 Å². The number of benzene rings is 2. The number of hydrogen-bond acceptors (Lipinski definition) is 1. The summed E-state index contributed by atoms with van der Waals surface area (Å²) in [5, 5.41) is 4.12. The van der Waals surface area contributed by atoms with Crippen molar-refractivity contribution in [1.29, 1.82) is 0 Å². The van der Waals surface area contributed by atoms with Crippen molar-refractivity contribution in [3.63, 3.8) is 0 Å². The summed E-state index contributed by atoms with van der Waals surface area (Å²) < 4.78 is 14.2. The molecule has 0 radical (unpaired) electrons. The molecular weight excluding hydrogens is 341 g/mol. The average molecular weight is 357 g/mol. The molecule has 2 aromatic rings. The van der Waals surface area contributed by atoms with Crippen molar-refractivity contribution in [2.24, 2.45) is 0 Å². The first-order valence-corrected chi connectivity index (χ1v) is 7.72. The summed E-state index contributed by atoms with van der Waals surface area (Å²) in [7, 11) is 0. The van der Waals surface area contributed by atoms with Gasteiger partial charge in [-0.05, 0) is 64.3 Å². The monoisotopic (exact) mass is 355 g/mol. The molecule has 1 atom stereocenters. The lowest BCUT2D eigenvalue weighted by Crippen LogP contribution is -2.23. The summed E-state index contributed by atoms with van der Waals surface area (Å²) in [4.78, 5) is 0. The molecule has 1 unspecified atom stereocenters. The summed E-state index contributed by atoms with van der Waals surface area (Å²) in [5.74, 6) is -0.257. The molecule has 0 aliphatic carbocycles. The van der Waals surface area contributed by atoms with Crippen LogP contribution < -0.4 is 5.32 Å². The van der Waals surface area contributed by atoms with Crippen LogP contribution in [0.2, 0.25) is 5.02 Å². The van der Waals surface area contributed by atoms with Gasteiger partial charge >= 0.3 is 0 Å². The average Bonchev–Trinajstić information content (AvgIpc) is 2.43. The van der Waals surface area contributed by atoms with Crippen LogP contribution >= 0.6 is 27.5 Å². The normalized spacial score (nSPS) is 12.4. The SMILES string of the molecule is CCCNC(c1cccc(Cl)c1)c1ccc(Br)c(F)c1. The van der Waals surface area contributed by atoms with Crippen LogP contribution in [0.4, 0.5) is 4.39 Å². The highest BCUT2D eigenvalue weighted by atomic mass is 79.9. The van der Waals surface area contributed by atoms with Crippen LogP contribution in [0.3, 0.4) is 0 Å². The van der Waals surface area contributed by atoms with E-state index in [4.69, 9.17) is 11.6 Å². The zero-order valence-corrected chi connectivity index (χ0v) is 13.5. The standard InChI is InChI=1S/C16H16BrClFN/c1-2-8-20-16(11-4-3-5-13(18)9-11)12-6-7-14(17)15(19)10-12/h3-7,9-10,16,20H,2,8H2,1H3. The molecule has 1 N–H and O–H groups in total. The van der Waals surface area contributed by atoms with E-state index in [-0.39, 0.29) is 11.9 Å². The first kappa shape index (κ1) is 15.5. The van der Waals surface area contributed by atoms with E-state index in [2.05, 4.69) is 28.2 Å². The quantitative estimate of drug-likeness (QED) is 0.763.